The molecule has 2 aliphatic carbocycles. The average Bonchev–Trinajstić information content (AvgIpc) is 2.92. The first-order valence-electron chi connectivity index (χ1n) is 15.5. The molecule has 4 heteroatoms. The number of rotatable bonds is 16. The molecule has 0 bridgehead atoms. The van der Waals surface area contributed by atoms with E-state index in [0.29, 0.717) is 18.2 Å². The first kappa shape index (κ1) is 29.0. The Balaban J connectivity index is 1.25. The zero-order valence-electron chi connectivity index (χ0n) is 23.4. The van der Waals surface area contributed by atoms with Crippen LogP contribution in [0.2, 0.25) is 0 Å². The number of ether oxygens (including phenoxy) is 2. The molecule has 0 N–H and O–H groups in total. The van der Waals surface area contributed by atoms with Crippen LogP contribution in [-0.4, -0.2) is 17.6 Å². The highest BCUT2D eigenvalue weighted by Gasteiger charge is 2.29. The highest BCUT2D eigenvalue weighted by atomic mass is 16.5. The van der Waals surface area contributed by atoms with Gasteiger partial charge >= 0.3 is 5.97 Å². The van der Waals surface area contributed by atoms with Gasteiger partial charge in [0.25, 0.3) is 0 Å². The summed E-state index contributed by atoms with van der Waals surface area (Å²) in [5.41, 5.74) is 0. The molecule has 2 fully saturated rings. The molecule has 36 heavy (non-hydrogen) atoms. The Kier molecular flexibility index (Phi) is 13.7. The summed E-state index contributed by atoms with van der Waals surface area (Å²) in [5, 5.41) is 0. The summed E-state index contributed by atoms with van der Waals surface area (Å²) < 4.78 is 11.3. The number of pyridine rings is 1. The van der Waals surface area contributed by atoms with Gasteiger partial charge in [0.15, 0.2) is 0 Å². The van der Waals surface area contributed by atoms with E-state index in [0.717, 1.165) is 37.0 Å². The maximum absolute atomic E-state index is 12.7. The van der Waals surface area contributed by atoms with E-state index in [1.54, 1.807) is 18.3 Å². The highest BCUT2D eigenvalue weighted by molar-refractivity contribution is 5.75. The topological polar surface area (TPSA) is 48.4 Å². The average molecular weight is 500 g/mol. The Labute approximate surface area is 221 Å². The van der Waals surface area contributed by atoms with Gasteiger partial charge in [-0.3, -0.25) is 4.79 Å². The van der Waals surface area contributed by atoms with E-state index < -0.39 is 0 Å². The Bertz CT molecular complexity index is 703. The van der Waals surface area contributed by atoms with Gasteiger partial charge in [0.1, 0.15) is 5.75 Å². The normalized spacial score (nSPS) is 24.4. The van der Waals surface area contributed by atoms with Gasteiger partial charge in [0.2, 0.25) is 5.88 Å². The molecule has 1 heterocycles. The van der Waals surface area contributed by atoms with Crippen molar-refractivity contribution in [1.82, 2.24) is 4.98 Å². The lowest BCUT2D eigenvalue weighted by Gasteiger charge is -2.31. The van der Waals surface area contributed by atoms with Gasteiger partial charge in [-0.15, -0.1) is 0 Å². The van der Waals surface area contributed by atoms with E-state index in [2.05, 4.69) is 18.8 Å². The van der Waals surface area contributed by atoms with Crippen molar-refractivity contribution >= 4 is 5.97 Å². The van der Waals surface area contributed by atoms with Crippen LogP contribution in [0.5, 0.6) is 11.6 Å². The monoisotopic (exact) mass is 499 g/mol. The molecule has 0 aliphatic heterocycles. The molecule has 2 aliphatic rings. The van der Waals surface area contributed by atoms with Crippen molar-refractivity contribution in [3.05, 3.63) is 18.3 Å². The quantitative estimate of drug-likeness (QED) is 0.168. The Morgan fingerprint density at radius 2 is 1.33 bits per heavy atom. The van der Waals surface area contributed by atoms with Gasteiger partial charge in [-0.2, -0.15) is 0 Å². The summed E-state index contributed by atoms with van der Waals surface area (Å²) in [6.07, 6.45) is 26.3. The fraction of sp³-hybridized carbons (Fsp3) is 0.812. The maximum Gasteiger partial charge on any atom is 0.314 e. The molecule has 0 amide bonds. The molecule has 4 nitrogen and oxygen atoms in total. The first-order chi connectivity index (χ1) is 17.7. The van der Waals surface area contributed by atoms with E-state index in [-0.39, 0.29) is 11.9 Å². The van der Waals surface area contributed by atoms with Crippen LogP contribution in [0.4, 0.5) is 0 Å². The summed E-state index contributed by atoms with van der Waals surface area (Å²) in [6, 6.07) is 3.61. The number of unbranched alkanes of at least 4 members (excludes halogenated alkanes) is 6. The highest BCUT2D eigenvalue weighted by Crippen LogP contribution is 2.38. The van der Waals surface area contributed by atoms with Gasteiger partial charge in [0, 0.05) is 6.07 Å². The Morgan fingerprint density at radius 3 is 1.92 bits per heavy atom. The second-order valence-corrected chi connectivity index (χ2v) is 11.7. The Morgan fingerprint density at radius 1 is 0.750 bits per heavy atom. The number of carbonyl (C=O) groups is 1. The van der Waals surface area contributed by atoms with Crippen LogP contribution in [-0.2, 0) is 4.79 Å². The molecule has 0 saturated heterocycles. The summed E-state index contributed by atoms with van der Waals surface area (Å²) in [7, 11) is 0. The van der Waals surface area contributed by atoms with Crippen molar-refractivity contribution in [2.75, 3.05) is 6.61 Å². The van der Waals surface area contributed by atoms with Gasteiger partial charge in [-0.05, 0) is 55.9 Å². The van der Waals surface area contributed by atoms with Crippen molar-refractivity contribution in [2.24, 2.45) is 23.7 Å². The second-order valence-electron chi connectivity index (χ2n) is 11.7. The van der Waals surface area contributed by atoms with Crippen LogP contribution < -0.4 is 9.47 Å². The number of hydrogen-bond donors (Lipinski definition) is 0. The molecule has 0 aromatic carbocycles. The van der Waals surface area contributed by atoms with Crippen LogP contribution in [0, 0.1) is 23.7 Å². The van der Waals surface area contributed by atoms with Gasteiger partial charge in [-0.25, -0.2) is 4.98 Å². The smallest absolute Gasteiger partial charge is 0.314 e. The van der Waals surface area contributed by atoms with Crippen LogP contribution in [0.1, 0.15) is 136 Å². The zero-order valence-corrected chi connectivity index (χ0v) is 23.4. The Hall–Kier alpha value is -1.58. The fourth-order valence-corrected chi connectivity index (χ4v) is 6.24. The minimum atomic E-state index is -0.0826. The molecule has 0 radical (unpaired) electrons. The number of esters is 1. The number of nitrogens with zero attached hydrogens (tertiary/aromatic N) is 1. The van der Waals surface area contributed by atoms with Gasteiger partial charge < -0.3 is 9.47 Å². The molecule has 0 unspecified atom stereocenters. The largest absolute Gasteiger partial charge is 0.478 e. The molecule has 3 rings (SSSR count). The predicted octanol–water partition coefficient (Wildman–Crippen LogP) is 9.31. The van der Waals surface area contributed by atoms with Gasteiger partial charge in [-0.1, -0.05) is 104 Å². The summed E-state index contributed by atoms with van der Waals surface area (Å²) in [4.78, 5) is 17.0. The van der Waals surface area contributed by atoms with Crippen molar-refractivity contribution in [2.45, 2.75) is 136 Å². The molecule has 204 valence electrons. The standard InChI is InChI=1S/C32H53NO3/c1-3-5-7-9-11-26-12-14-27(15-13-26)16-17-28-18-20-29(21-19-28)32(34)36-30-22-23-31(33-25-30)35-24-10-8-6-4-2/h22-23,25-29H,3-21,24H2,1-2H3. The van der Waals surface area contributed by atoms with E-state index in [1.807, 2.05) is 0 Å². The van der Waals surface area contributed by atoms with Crippen LogP contribution >= 0.6 is 0 Å². The molecule has 0 atom stereocenters. The third-order valence-electron chi connectivity index (χ3n) is 8.77. The van der Waals surface area contributed by atoms with E-state index >= 15 is 0 Å². The SMILES string of the molecule is CCCCCCOc1ccc(OC(=O)C2CCC(CCC3CCC(CCCCCC)CC3)CC2)cn1. The van der Waals surface area contributed by atoms with Crippen molar-refractivity contribution in [1.29, 1.82) is 0 Å². The lowest BCUT2D eigenvalue weighted by atomic mass is 9.75. The lowest BCUT2D eigenvalue weighted by molar-refractivity contribution is -0.140. The molecular weight excluding hydrogens is 446 g/mol. The third-order valence-corrected chi connectivity index (χ3v) is 8.77. The van der Waals surface area contributed by atoms with Crippen LogP contribution in [0.3, 0.4) is 0 Å². The molecule has 0 spiro atoms. The molecule has 1 aromatic heterocycles. The van der Waals surface area contributed by atoms with E-state index in [9.17, 15) is 4.79 Å². The number of hydrogen-bond acceptors (Lipinski definition) is 4. The van der Waals surface area contributed by atoms with Gasteiger partial charge in [0.05, 0.1) is 18.7 Å². The summed E-state index contributed by atoms with van der Waals surface area (Å²) >= 11 is 0. The number of carbonyl (C=O) groups excluding carboxylic acids is 1. The molecule has 1 aromatic rings. The third kappa shape index (κ3) is 10.8. The summed E-state index contributed by atoms with van der Waals surface area (Å²) in [6.45, 7) is 5.19. The molecular formula is C32H53NO3. The zero-order chi connectivity index (χ0) is 25.4. The number of aromatic nitrogens is 1. The van der Waals surface area contributed by atoms with Crippen molar-refractivity contribution < 1.29 is 14.3 Å². The van der Waals surface area contributed by atoms with E-state index in [4.69, 9.17) is 9.47 Å². The maximum atomic E-state index is 12.7. The second kappa shape index (κ2) is 17.0. The fourth-order valence-electron chi connectivity index (χ4n) is 6.24. The lowest BCUT2D eigenvalue weighted by Crippen LogP contribution is -2.26. The van der Waals surface area contributed by atoms with Crippen molar-refractivity contribution in [3.8, 4) is 11.6 Å². The summed E-state index contributed by atoms with van der Waals surface area (Å²) in [5.74, 6) is 3.86. The van der Waals surface area contributed by atoms with E-state index in [1.165, 1.54) is 103 Å². The minimum absolute atomic E-state index is 0.0406. The van der Waals surface area contributed by atoms with Crippen LogP contribution in [0.15, 0.2) is 18.3 Å². The van der Waals surface area contributed by atoms with Crippen molar-refractivity contribution in [3.63, 3.8) is 0 Å². The van der Waals surface area contributed by atoms with Crippen LogP contribution in [0.25, 0.3) is 0 Å². The predicted molar refractivity (Wildman–Crippen MR) is 148 cm³/mol. The first-order valence-corrected chi connectivity index (χ1v) is 15.5. The minimum Gasteiger partial charge on any atom is -0.478 e. The molecule has 2 saturated carbocycles.